The Bertz CT molecular complexity index is 1380. The molecule has 2 aliphatic heterocycles. The lowest BCUT2D eigenvalue weighted by Gasteiger charge is -2.26. The molecule has 8 nitrogen and oxygen atoms in total. The lowest BCUT2D eigenvalue weighted by atomic mass is 10.1. The number of urea groups is 1. The van der Waals surface area contributed by atoms with Gasteiger partial charge in [0.05, 0.1) is 5.69 Å². The predicted molar refractivity (Wildman–Crippen MR) is 131 cm³/mol. The van der Waals surface area contributed by atoms with Crippen LogP contribution in [0.4, 0.5) is 10.5 Å². The number of nitrogens with zero attached hydrogens (tertiary/aromatic N) is 1. The predicted octanol–water partition coefficient (Wildman–Crippen LogP) is 4.73. The van der Waals surface area contributed by atoms with Crippen LogP contribution in [0.5, 0.6) is 17.2 Å². The standard InChI is InChI=1S/C26H19BrN2O6/c1-15-10-18(5-8-21(15)27)29-25(31)20(24(30)28-26(29)32)11-16-2-6-19(7-3-16)33-13-17-4-9-22-23(12-17)35-14-34-22/h2-12H,13-14H2,1H3,(H,28,30,32)/b20-11+. The highest BCUT2D eigenvalue weighted by Crippen LogP contribution is 2.33. The number of ether oxygens (including phenoxy) is 3. The Morgan fingerprint density at radius 2 is 1.77 bits per heavy atom. The fourth-order valence-electron chi connectivity index (χ4n) is 3.68. The van der Waals surface area contributed by atoms with Gasteiger partial charge in [-0.3, -0.25) is 14.9 Å². The van der Waals surface area contributed by atoms with Gasteiger partial charge in [0, 0.05) is 4.47 Å². The Labute approximate surface area is 209 Å². The number of benzene rings is 3. The molecule has 0 bridgehead atoms. The van der Waals surface area contributed by atoms with Crippen molar-refractivity contribution in [2.45, 2.75) is 13.5 Å². The molecule has 0 atom stereocenters. The summed E-state index contributed by atoms with van der Waals surface area (Å²) in [7, 11) is 0. The molecule has 1 fully saturated rings. The number of hydrogen-bond acceptors (Lipinski definition) is 6. The summed E-state index contributed by atoms with van der Waals surface area (Å²) in [6, 6.07) is 16.8. The van der Waals surface area contributed by atoms with E-state index >= 15 is 0 Å². The van der Waals surface area contributed by atoms with Crippen molar-refractivity contribution in [3.63, 3.8) is 0 Å². The quantitative estimate of drug-likeness (QED) is 0.375. The lowest BCUT2D eigenvalue weighted by Crippen LogP contribution is -2.54. The third-order valence-corrected chi connectivity index (χ3v) is 6.42. The molecule has 0 aromatic heterocycles. The second-order valence-corrected chi connectivity index (χ2v) is 8.79. The third kappa shape index (κ3) is 4.63. The summed E-state index contributed by atoms with van der Waals surface area (Å²) in [6.07, 6.45) is 1.45. The summed E-state index contributed by atoms with van der Waals surface area (Å²) in [4.78, 5) is 38.9. The first kappa shape index (κ1) is 22.7. The molecular formula is C26H19BrN2O6. The molecule has 5 rings (SSSR count). The maximum Gasteiger partial charge on any atom is 0.335 e. The van der Waals surface area contributed by atoms with Crippen molar-refractivity contribution in [1.82, 2.24) is 5.32 Å². The van der Waals surface area contributed by atoms with Crippen molar-refractivity contribution < 1.29 is 28.6 Å². The Morgan fingerprint density at radius 3 is 2.54 bits per heavy atom. The Morgan fingerprint density at radius 1 is 1.00 bits per heavy atom. The molecule has 35 heavy (non-hydrogen) atoms. The number of barbiturate groups is 1. The molecule has 3 aromatic rings. The van der Waals surface area contributed by atoms with Gasteiger partial charge in [-0.2, -0.15) is 0 Å². The van der Waals surface area contributed by atoms with Crippen LogP contribution in [0.3, 0.4) is 0 Å². The third-order valence-electron chi connectivity index (χ3n) is 5.53. The van der Waals surface area contributed by atoms with Gasteiger partial charge in [0.1, 0.15) is 17.9 Å². The van der Waals surface area contributed by atoms with E-state index in [0.29, 0.717) is 35.1 Å². The number of imide groups is 2. The number of carbonyl (C=O) groups is 3. The van der Waals surface area contributed by atoms with Crippen LogP contribution in [0, 0.1) is 6.92 Å². The largest absolute Gasteiger partial charge is 0.489 e. The van der Waals surface area contributed by atoms with Crippen molar-refractivity contribution in [2.75, 3.05) is 11.7 Å². The number of aryl methyl sites for hydroxylation is 1. The number of carbonyl (C=O) groups excluding carboxylic acids is 3. The molecule has 0 spiro atoms. The van der Waals surface area contributed by atoms with E-state index in [1.807, 2.05) is 25.1 Å². The van der Waals surface area contributed by atoms with E-state index in [9.17, 15) is 14.4 Å². The van der Waals surface area contributed by atoms with Crippen LogP contribution < -0.4 is 24.4 Å². The Balaban J connectivity index is 1.31. The number of amides is 4. The van der Waals surface area contributed by atoms with Gasteiger partial charge in [0.2, 0.25) is 6.79 Å². The second kappa shape index (κ2) is 9.27. The minimum absolute atomic E-state index is 0.140. The molecule has 9 heteroatoms. The minimum Gasteiger partial charge on any atom is -0.489 e. The van der Waals surface area contributed by atoms with E-state index in [0.717, 1.165) is 20.5 Å². The van der Waals surface area contributed by atoms with Crippen molar-refractivity contribution in [1.29, 1.82) is 0 Å². The van der Waals surface area contributed by atoms with Crippen LogP contribution in [-0.4, -0.2) is 24.6 Å². The van der Waals surface area contributed by atoms with Crippen molar-refractivity contribution in [3.8, 4) is 17.2 Å². The molecule has 2 aliphatic rings. The van der Waals surface area contributed by atoms with E-state index in [1.54, 1.807) is 42.5 Å². The average molecular weight is 535 g/mol. The van der Waals surface area contributed by atoms with Crippen LogP contribution in [0.15, 0.2) is 70.7 Å². The summed E-state index contributed by atoms with van der Waals surface area (Å²) in [5, 5.41) is 2.23. The molecule has 176 valence electrons. The fourth-order valence-corrected chi connectivity index (χ4v) is 3.93. The van der Waals surface area contributed by atoms with Crippen molar-refractivity contribution in [2.24, 2.45) is 0 Å². The lowest BCUT2D eigenvalue weighted by molar-refractivity contribution is -0.122. The van der Waals surface area contributed by atoms with Crippen molar-refractivity contribution in [3.05, 3.63) is 87.4 Å². The monoisotopic (exact) mass is 534 g/mol. The zero-order valence-corrected chi connectivity index (χ0v) is 20.1. The van der Waals surface area contributed by atoms with Crippen LogP contribution in [0.1, 0.15) is 16.7 Å². The van der Waals surface area contributed by atoms with Gasteiger partial charge in [0.15, 0.2) is 11.5 Å². The van der Waals surface area contributed by atoms with Crippen LogP contribution in [0.25, 0.3) is 6.08 Å². The average Bonchev–Trinajstić information content (AvgIpc) is 3.31. The first-order valence-corrected chi connectivity index (χ1v) is 11.5. The highest BCUT2D eigenvalue weighted by molar-refractivity contribution is 9.10. The van der Waals surface area contributed by atoms with Crippen LogP contribution in [-0.2, 0) is 16.2 Å². The van der Waals surface area contributed by atoms with Crippen LogP contribution >= 0.6 is 15.9 Å². The van der Waals surface area contributed by atoms with Gasteiger partial charge < -0.3 is 14.2 Å². The second-order valence-electron chi connectivity index (χ2n) is 7.94. The van der Waals surface area contributed by atoms with E-state index in [-0.39, 0.29) is 12.4 Å². The molecular weight excluding hydrogens is 516 g/mol. The number of halogens is 1. The molecule has 2 heterocycles. The molecule has 3 aromatic carbocycles. The zero-order valence-electron chi connectivity index (χ0n) is 18.5. The maximum absolute atomic E-state index is 13.1. The molecule has 4 amide bonds. The molecule has 0 radical (unpaired) electrons. The van der Waals surface area contributed by atoms with E-state index in [4.69, 9.17) is 14.2 Å². The highest BCUT2D eigenvalue weighted by Gasteiger charge is 2.36. The van der Waals surface area contributed by atoms with Gasteiger partial charge in [0.25, 0.3) is 11.8 Å². The summed E-state index contributed by atoms with van der Waals surface area (Å²) in [6.45, 7) is 2.39. The highest BCUT2D eigenvalue weighted by atomic mass is 79.9. The minimum atomic E-state index is -0.786. The maximum atomic E-state index is 13.1. The molecule has 0 saturated carbocycles. The van der Waals surface area contributed by atoms with Crippen LogP contribution in [0.2, 0.25) is 0 Å². The normalized spacial score (nSPS) is 16.0. The molecule has 1 N–H and O–H groups in total. The number of nitrogens with one attached hydrogen (secondary N) is 1. The SMILES string of the molecule is Cc1cc(N2C(=O)NC(=O)/C(=C\c3ccc(OCc4ccc5c(c4)OCO5)cc3)C2=O)ccc1Br. The summed E-state index contributed by atoms with van der Waals surface area (Å²) < 4.78 is 17.4. The number of fused-ring (bicyclic) bond motifs is 1. The van der Waals surface area contributed by atoms with E-state index in [1.165, 1.54) is 6.08 Å². The summed E-state index contributed by atoms with van der Waals surface area (Å²) >= 11 is 3.40. The first-order chi connectivity index (χ1) is 16.9. The molecule has 0 unspecified atom stereocenters. The zero-order chi connectivity index (χ0) is 24.5. The van der Waals surface area contributed by atoms with Gasteiger partial charge >= 0.3 is 6.03 Å². The Kier molecular flexibility index (Phi) is 6.00. The van der Waals surface area contributed by atoms with Gasteiger partial charge in [-0.25, -0.2) is 9.69 Å². The topological polar surface area (TPSA) is 94.2 Å². The number of anilines is 1. The van der Waals surface area contributed by atoms with Gasteiger partial charge in [-0.05, 0) is 72.2 Å². The molecule has 1 saturated heterocycles. The molecule has 0 aliphatic carbocycles. The Hall–Kier alpha value is -4.11. The first-order valence-electron chi connectivity index (χ1n) is 10.7. The van der Waals surface area contributed by atoms with Gasteiger partial charge in [-0.1, -0.05) is 34.1 Å². The smallest absolute Gasteiger partial charge is 0.335 e. The fraction of sp³-hybridized carbons (Fsp3) is 0.115. The number of rotatable bonds is 5. The van der Waals surface area contributed by atoms with Crippen molar-refractivity contribution >= 4 is 45.5 Å². The van der Waals surface area contributed by atoms with E-state index in [2.05, 4.69) is 21.2 Å². The van der Waals surface area contributed by atoms with E-state index < -0.39 is 17.8 Å². The van der Waals surface area contributed by atoms with Gasteiger partial charge in [-0.15, -0.1) is 0 Å². The number of hydrogen-bond donors (Lipinski definition) is 1. The summed E-state index contributed by atoms with van der Waals surface area (Å²) in [5.41, 5.74) is 2.62. The summed E-state index contributed by atoms with van der Waals surface area (Å²) in [5.74, 6) is 0.584.